The van der Waals surface area contributed by atoms with Gasteiger partial charge >= 0.3 is 5.69 Å². The fourth-order valence-corrected chi connectivity index (χ4v) is 2.18. The number of nitro groups is 1. The number of pyridine rings is 1. The molecule has 0 atom stereocenters. The number of nitrogens with zero attached hydrogens (tertiary/aromatic N) is 3. The Hall–Kier alpha value is -2.26. The van der Waals surface area contributed by atoms with E-state index in [1.165, 1.54) is 23.5 Å². The van der Waals surface area contributed by atoms with Crippen LogP contribution in [0.2, 0.25) is 0 Å². The number of hydrogen-bond acceptors (Lipinski definition) is 8. The number of nitrogen functional groups attached to an aromatic ring is 1. The molecule has 0 aliphatic rings. The van der Waals surface area contributed by atoms with Crippen LogP contribution in [-0.4, -0.2) is 14.9 Å². The summed E-state index contributed by atoms with van der Waals surface area (Å²) in [5, 5.41) is 14.6. The highest BCUT2D eigenvalue weighted by Gasteiger charge is 2.16. The minimum absolute atomic E-state index is 0.104. The van der Waals surface area contributed by atoms with Gasteiger partial charge in [0.15, 0.2) is 0 Å². The Labute approximate surface area is 112 Å². The van der Waals surface area contributed by atoms with E-state index in [9.17, 15) is 10.1 Å². The van der Waals surface area contributed by atoms with Gasteiger partial charge in [-0.25, -0.2) is 15.8 Å². The van der Waals surface area contributed by atoms with Gasteiger partial charge in [0.2, 0.25) is 5.82 Å². The fourth-order valence-electron chi connectivity index (χ4n) is 1.45. The lowest BCUT2D eigenvalue weighted by Gasteiger charge is -2.06. The SMILES string of the molecule is Cc1cnc(CNc2nc(NN)ccc2[N+](=O)[O-])s1. The molecule has 0 radical (unpaired) electrons. The van der Waals surface area contributed by atoms with E-state index in [0.29, 0.717) is 12.4 Å². The molecule has 2 aromatic rings. The minimum atomic E-state index is -0.497. The zero-order valence-corrected chi connectivity index (χ0v) is 10.9. The lowest BCUT2D eigenvalue weighted by Crippen LogP contribution is -2.11. The third-order valence-corrected chi connectivity index (χ3v) is 3.21. The van der Waals surface area contributed by atoms with Crippen molar-refractivity contribution >= 4 is 28.7 Å². The highest BCUT2D eigenvalue weighted by atomic mass is 32.1. The maximum atomic E-state index is 10.9. The lowest BCUT2D eigenvalue weighted by molar-refractivity contribution is -0.384. The molecule has 19 heavy (non-hydrogen) atoms. The molecule has 0 aliphatic carbocycles. The van der Waals surface area contributed by atoms with E-state index in [1.54, 1.807) is 6.20 Å². The highest BCUT2D eigenvalue weighted by molar-refractivity contribution is 7.11. The number of aryl methyl sites for hydroxylation is 1. The average molecular weight is 280 g/mol. The van der Waals surface area contributed by atoms with E-state index in [1.807, 2.05) is 6.92 Å². The molecular formula is C10H12N6O2S. The Balaban J connectivity index is 2.19. The van der Waals surface area contributed by atoms with Crippen LogP contribution >= 0.6 is 11.3 Å². The molecule has 100 valence electrons. The first kappa shape index (κ1) is 13.2. The molecule has 2 heterocycles. The van der Waals surface area contributed by atoms with Gasteiger partial charge in [-0.1, -0.05) is 0 Å². The van der Waals surface area contributed by atoms with Gasteiger partial charge in [-0.15, -0.1) is 11.3 Å². The third kappa shape index (κ3) is 3.14. The number of nitrogens with two attached hydrogens (primary N) is 1. The van der Waals surface area contributed by atoms with Crippen LogP contribution in [0.4, 0.5) is 17.3 Å². The number of aromatic nitrogens is 2. The zero-order valence-electron chi connectivity index (χ0n) is 10.1. The topological polar surface area (TPSA) is 119 Å². The molecule has 4 N–H and O–H groups in total. The predicted molar refractivity (Wildman–Crippen MR) is 72.9 cm³/mol. The second kappa shape index (κ2) is 5.59. The first-order valence-corrected chi connectivity index (χ1v) is 6.19. The van der Waals surface area contributed by atoms with Crippen molar-refractivity contribution in [2.45, 2.75) is 13.5 Å². The average Bonchev–Trinajstić information content (AvgIpc) is 2.81. The summed E-state index contributed by atoms with van der Waals surface area (Å²) < 4.78 is 0. The highest BCUT2D eigenvalue weighted by Crippen LogP contribution is 2.24. The summed E-state index contributed by atoms with van der Waals surface area (Å²) >= 11 is 1.52. The number of thiazole rings is 1. The van der Waals surface area contributed by atoms with Gasteiger partial charge in [-0.05, 0) is 13.0 Å². The van der Waals surface area contributed by atoms with Crippen molar-refractivity contribution in [1.29, 1.82) is 0 Å². The largest absolute Gasteiger partial charge is 0.358 e. The molecule has 0 unspecified atom stereocenters. The summed E-state index contributed by atoms with van der Waals surface area (Å²) in [6, 6.07) is 2.79. The van der Waals surface area contributed by atoms with Gasteiger partial charge in [-0.3, -0.25) is 10.1 Å². The second-order valence-electron chi connectivity index (χ2n) is 3.68. The molecule has 8 nitrogen and oxygen atoms in total. The van der Waals surface area contributed by atoms with Crippen LogP contribution in [0.15, 0.2) is 18.3 Å². The van der Waals surface area contributed by atoms with E-state index in [-0.39, 0.29) is 11.5 Å². The number of hydrazine groups is 1. The summed E-state index contributed by atoms with van der Waals surface area (Å²) in [6.07, 6.45) is 1.75. The van der Waals surface area contributed by atoms with E-state index in [2.05, 4.69) is 20.7 Å². The van der Waals surface area contributed by atoms with Gasteiger partial charge in [0.1, 0.15) is 10.8 Å². The monoisotopic (exact) mass is 280 g/mol. The molecule has 0 saturated heterocycles. The van der Waals surface area contributed by atoms with Crippen molar-refractivity contribution in [3.05, 3.63) is 38.3 Å². The lowest BCUT2D eigenvalue weighted by atomic mass is 10.3. The number of rotatable bonds is 5. The van der Waals surface area contributed by atoms with Gasteiger partial charge < -0.3 is 10.7 Å². The molecule has 2 rings (SSSR count). The van der Waals surface area contributed by atoms with Crippen LogP contribution in [0, 0.1) is 17.0 Å². The van der Waals surface area contributed by atoms with Crippen LogP contribution in [0.3, 0.4) is 0 Å². The molecule has 0 fully saturated rings. The van der Waals surface area contributed by atoms with Crippen molar-refractivity contribution in [3.63, 3.8) is 0 Å². The molecule has 0 aromatic carbocycles. The molecule has 2 aromatic heterocycles. The van der Waals surface area contributed by atoms with Crippen molar-refractivity contribution in [1.82, 2.24) is 9.97 Å². The van der Waals surface area contributed by atoms with Crippen molar-refractivity contribution < 1.29 is 4.92 Å². The Morgan fingerprint density at radius 3 is 2.89 bits per heavy atom. The molecule has 9 heteroatoms. The molecule has 0 bridgehead atoms. The van der Waals surface area contributed by atoms with E-state index < -0.39 is 4.92 Å². The normalized spacial score (nSPS) is 10.2. The quantitative estimate of drug-likeness (QED) is 0.433. The third-order valence-electron chi connectivity index (χ3n) is 2.29. The fraction of sp³-hybridized carbons (Fsp3) is 0.200. The maximum absolute atomic E-state index is 10.9. The number of anilines is 2. The van der Waals surface area contributed by atoms with Crippen LogP contribution in [0.5, 0.6) is 0 Å². The first-order valence-electron chi connectivity index (χ1n) is 5.37. The molecule has 0 aliphatic heterocycles. The van der Waals surface area contributed by atoms with Gasteiger partial charge in [0.25, 0.3) is 0 Å². The Morgan fingerprint density at radius 1 is 1.53 bits per heavy atom. The first-order chi connectivity index (χ1) is 9.10. The summed E-state index contributed by atoms with van der Waals surface area (Å²) in [5.41, 5.74) is 2.24. The Kier molecular flexibility index (Phi) is 3.88. The zero-order chi connectivity index (χ0) is 13.8. The van der Waals surface area contributed by atoms with Crippen LogP contribution < -0.4 is 16.6 Å². The Bertz CT molecular complexity index is 599. The van der Waals surface area contributed by atoms with Crippen molar-refractivity contribution in [2.24, 2.45) is 5.84 Å². The molecular weight excluding hydrogens is 268 g/mol. The van der Waals surface area contributed by atoms with Crippen molar-refractivity contribution in [2.75, 3.05) is 10.7 Å². The van der Waals surface area contributed by atoms with Gasteiger partial charge in [-0.2, -0.15) is 0 Å². The molecule has 0 spiro atoms. The van der Waals surface area contributed by atoms with E-state index in [4.69, 9.17) is 5.84 Å². The summed E-state index contributed by atoms with van der Waals surface area (Å²) in [7, 11) is 0. The van der Waals surface area contributed by atoms with E-state index in [0.717, 1.165) is 9.88 Å². The standard InChI is InChI=1S/C10H12N6O2S/c1-6-4-12-9(19-6)5-13-10-7(16(17)18)2-3-8(14-10)15-11/h2-4H,5,11H2,1H3,(H2,13,14,15). The minimum Gasteiger partial charge on any atom is -0.358 e. The number of hydrogen-bond donors (Lipinski definition) is 3. The smallest absolute Gasteiger partial charge is 0.311 e. The molecule has 0 saturated carbocycles. The number of nitrogens with one attached hydrogen (secondary N) is 2. The van der Waals surface area contributed by atoms with Crippen LogP contribution in [0.25, 0.3) is 0 Å². The molecule has 0 amide bonds. The summed E-state index contributed by atoms with van der Waals surface area (Å²) in [5.74, 6) is 5.75. The van der Waals surface area contributed by atoms with Crippen LogP contribution in [-0.2, 0) is 6.54 Å². The summed E-state index contributed by atoms with van der Waals surface area (Å²) in [4.78, 5) is 19.7. The van der Waals surface area contributed by atoms with E-state index >= 15 is 0 Å². The van der Waals surface area contributed by atoms with Crippen LogP contribution in [0.1, 0.15) is 9.88 Å². The van der Waals surface area contributed by atoms with Crippen molar-refractivity contribution in [3.8, 4) is 0 Å². The second-order valence-corrected chi connectivity index (χ2v) is 5.00. The van der Waals surface area contributed by atoms with Gasteiger partial charge in [0.05, 0.1) is 11.5 Å². The Morgan fingerprint density at radius 2 is 2.32 bits per heavy atom. The predicted octanol–water partition coefficient (Wildman–Crippen LogP) is 1.65. The summed E-state index contributed by atoms with van der Waals surface area (Å²) in [6.45, 7) is 2.32. The van der Waals surface area contributed by atoms with Gasteiger partial charge in [0, 0.05) is 17.1 Å². The maximum Gasteiger partial charge on any atom is 0.311 e.